The van der Waals surface area contributed by atoms with Crippen molar-refractivity contribution in [3.05, 3.63) is 23.9 Å². The van der Waals surface area contributed by atoms with Gasteiger partial charge in [-0.15, -0.1) is 0 Å². The first-order valence-electron chi connectivity index (χ1n) is 7.45. The molecular formula is C16H18N2O3. The van der Waals surface area contributed by atoms with Crippen LogP contribution in [0.3, 0.4) is 0 Å². The summed E-state index contributed by atoms with van der Waals surface area (Å²) < 4.78 is 16.4. The lowest BCUT2D eigenvalue weighted by Gasteiger charge is -2.24. The van der Waals surface area contributed by atoms with E-state index < -0.39 is 0 Å². The van der Waals surface area contributed by atoms with Gasteiger partial charge in [0.05, 0.1) is 11.3 Å². The molecule has 5 nitrogen and oxygen atoms in total. The van der Waals surface area contributed by atoms with Crippen molar-refractivity contribution in [3.8, 4) is 22.6 Å². The Balaban J connectivity index is 1.70. The van der Waals surface area contributed by atoms with Crippen LogP contribution in [0.4, 0.5) is 5.88 Å². The molecule has 0 atom stereocenters. The molecule has 4 rings (SSSR count). The van der Waals surface area contributed by atoms with Gasteiger partial charge in [0.2, 0.25) is 5.88 Å². The van der Waals surface area contributed by atoms with Crippen LogP contribution in [-0.2, 0) is 6.42 Å². The molecule has 1 aliphatic carbocycles. The van der Waals surface area contributed by atoms with Gasteiger partial charge in [0.1, 0.15) is 13.2 Å². The Morgan fingerprint density at radius 1 is 1.14 bits per heavy atom. The fraction of sp³-hybridized carbons (Fsp3) is 0.438. The lowest BCUT2D eigenvalue weighted by molar-refractivity contribution is 0.171. The van der Waals surface area contributed by atoms with Crippen molar-refractivity contribution in [2.45, 2.75) is 25.7 Å². The van der Waals surface area contributed by atoms with E-state index in [9.17, 15) is 0 Å². The Morgan fingerprint density at radius 2 is 1.95 bits per heavy atom. The average molecular weight is 286 g/mol. The minimum absolute atomic E-state index is 0.376. The molecule has 1 fully saturated rings. The first kappa shape index (κ1) is 12.6. The molecule has 5 heteroatoms. The number of rotatable bonds is 3. The SMILES string of the molecule is Nc1onc(CC2CCC2)c1-c1ccc2c(c1)OCCO2. The Hall–Kier alpha value is -2.17. The number of fused-ring (bicyclic) bond motifs is 1. The van der Waals surface area contributed by atoms with Crippen LogP contribution in [0.2, 0.25) is 0 Å². The summed E-state index contributed by atoms with van der Waals surface area (Å²) >= 11 is 0. The number of anilines is 1. The molecule has 1 aromatic carbocycles. The van der Waals surface area contributed by atoms with Gasteiger partial charge in [-0.25, -0.2) is 0 Å². The number of aromatic nitrogens is 1. The van der Waals surface area contributed by atoms with Crippen LogP contribution in [0.1, 0.15) is 25.0 Å². The summed E-state index contributed by atoms with van der Waals surface area (Å²) in [7, 11) is 0. The predicted octanol–water partition coefficient (Wildman–Crippen LogP) is 3.04. The first-order valence-corrected chi connectivity index (χ1v) is 7.45. The lowest BCUT2D eigenvalue weighted by Crippen LogP contribution is -2.15. The van der Waals surface area contributed by atoms with E-state index in [1.807, 2.05) is 18.2 Å². The van der Waals surface area contributed by atoms with E-state index in [0.29, 0.717) is 25.0 Å². The topological polar surface area (TPSA) is 70.5 Å². The molecular weight excluding hydrogens is 268 g/mol. The van der Waals surface area contributed by atoms with Crippen molar-refractivity contribution >= 4 is 5.88 Å². The number of hydrogen-bond donors (Lipinski definition) is 1. The number of nitrogen functional groups attached to an aromatic ring is 1. The van der Waals surface area contributed by atoms with E-state index >= 15 is 0 Å². The van der Waals surface area contributed by atoms with Crippen molar-refractivity contribution in [3.63, 3.8) is 0 Å². The van der Waals surface area contributed by atoms with Gasteiger partial charge in [0.15, 0.2) is 11.5 Å². The quantitative estimate of drug-likeness (QED) is 0.939. The number of nitrogens with two attached hydrogens (primary N) is 1. The summed E-state index contributed by atoms with van der Waals surface area (Å²) in [6, 6.07) is 5.87. The predicted molar refractivity (Wildman–Crippen MR) is 78.4 cm³/mol. The summed E-state index contributed by atoms with van der Waals surface area (Å²) in [5, 5.41) is 4.15. The maximum atomic E-state index is 5.98. The molecule has 2 heterocycles. The number of benzene rings is 1. The van der Waals surface area contributed by atoms with Gasteiger partial charge in [-0.3, -0.25) is 0 Å². The second kappa shape index (κ2) is 4.98. The third-order valence-corrected chi connectivity index (χ3v) is 4.33. The third kappa shape index (κ3) is 2.22. The van der Waals surface area contributed by atoms with Crippen LogP contribution >= 0.6 is 0 Å². The van der Waals surface area contributed by atoms with Crippen molar-refractivity contribution in [1.29, 1.82) is 0 Å². The summed E-state index contributed by atoms with van der Waals surface area (Å²) in [6.07, 6.45) is 4.79. The van der Waals surface area contributed by atoms with Gasteiger partial charge in [0, 0.05) is 0 Å². The molecule has 0 spiro atoms. The summed E-state index contributed by atoms with van der Waals surface area (Å²) in [4.78, 5) is 0. The second-order valence-electron chi connectivity index (χ2n) is 5.73. The summed E-state index contributed by atoms with van der Waals surface area (Å²) in [5.41, 5.74) is 8.82. The Morgan fingerprint density at radius 3 is 2.71 bits per heavy atom. The minimum Gasteiger partial charge on any atom is -0.486 e. The number of ether oxygens (including phenoxy) is 2. The average Bonchev–Trinajstić information content (AvgIpc) is 2.83. The molecule has 0 saturated heterocycles. The zero-order valence-electron chi connectivity index (χ0n) is 11.8. The fourth-order valence-electron chi connectivity index (χ4n) is 2.96. The van der Waals surface area contributed by atoms with Gasteiger partial charge in [-0.2, -0.15) is 0 Å². The molecule has 110 valence electrons. The molecule has 1 saturated carbocycles. The van der Waals surface area contributed by atoms with Crippen LogP contribution in [0.5, 0.6) is 11.5 Å². The number of hydrogen-bond acceptors (Lipinski definition) is 5. The van der Waals surface area contributed by atoms with Crippen LogP contribution in [0, 0.1) is 5.92 Å². The first-order chi connectivity index (χ1) is 10.3. The highest BCUT2D eigenvalue weighted by Gasteiger charge is 2.24. The van der Waals surface area contributed by atoms with Gasteiger partial charge in [0.25, 0.3) is 0 Å². The molecule has 2 aromatic rings. The molecule has 1 aromatic heterocycles. The maximum Gasteiger partial charge on any atom is 0.230 e. The highest BCUT2D eigenvalue weighted by Crippen LogP contribution is 2.39. The highest BCUT2D eigenvalue weighted by molar-refractivity contribution is 5.77. The van der Waals surface area contributed by atoms with Crippen molar-refractivity contribution in [1.82, 2.24) is 5.16 Å². The van der Waals surface area contributed by atoms with Crippen molar-refractivity contribution in [2.24, 2.45) is 5.92 Å². The van der Waals surface area contributed by atoms with Gasteiger partial charge >= 0.3 is 0 Å². The Labute approximate surface area is 123 Å². The van der Waals surface area contributed by atoms with Gasteiger partial charge in [-0.05, 0) is 30.0 Å². The molecule has 2 aliphatic rings. The van der Waals surface area contributed by atoms with Crippen molar-refractivity contribution < 1.29 is 14.0 Å². The minimum atomic E-state index is 0.376. The Bertz CT molecular complexity index is 662. The second-order valence-corrected chi connectivity index (χ2v) is 5.73. The largest absolute Gasteiger partial charge is 0.486 e. The van der Waals surface area contributed by atoms with Gasteiger partial charge < -0.3 is 19.7 Å². The number of nitrogens with zero attached hydrogens (tertiary/aromatic N) is 1. The van der Waals surface area contributed by atoms with E-state index in [1.54, 1.807) is 0 Å². The molecule has 1 aliphatic heterocycles. The van der Waals surface area contributed by atoms with E-state index in [-0.39, 0.29) is 0 Å². The molecule has 0 radical (unpaired) electrons. The Kier molecular flexibility index (Phi) is 2.98. The van der Waals surface area contributed by atoms with E-state index in [4.69, 9.17) is 19.7 Å². The summed E-state index contributed by atoms with van der Waals surface area (Å²) in [6.45, 7) is 1.17. The van der Waals surface area contributed by atoms with Crippen molar-refractivity contribution in [2.75, 3.05) is 18.9 Å². The lowest BCUT2D eigenvalue weighted by atomic mass is 9.81. The molecule has 0 amide bonds. The standard InChI is InChI=1S/C16H18N2O3/c17-16-15(12(18-21-16)8-10-2-1-3-10)11-4-5-13-14(9-11)20-7-6-19-13/h4-5,9-10H,1-3,6-8,17H2. The molecule has 0 bridgehead atoms. The van der Waals surface area contributed by atoms with E-state index in [2.05, 4.69) is 5.16 Å². The fourth-order valence-corrected chi connectivity index (χ4v) is 2.96. The maximum absolute atomic E-state index is 5.98. The van der Waals surface area contributed by atoms with Gasteiger partial charge in [-0.1, -0.05) is 30.5 Å². The molecule has 2 N–H and O–H groups in total. The third-order valence-electron chi connectivity index (χ3n) is 4.33. The van der Waals surface area contributed by atoms with Crippen LogP contribution < -0.4 is 15.2 Å². The summed E-state index contributed by atoms with van der Waals surface area (Å²) in [5.74, 6) is 2.63. The molecule has 0 unspecified atom stereocenters. The van der Waals surface area contributed by atoms with E-state index in [0.717, 1.165) is 34.7 Å². The van der Waals surface area contributed by atoms with E-state index in [1.165, 1.54) is 19.3 Å². The highest BCUT2D eigenvalue weighted by atomic mass is 16.6. The van der Waals surface area contributed by atoms with Crippen LogP contribution in [0.25, 0.3) is 11.1 Å². The van der Waals surface area contributed by atoms with Crippen LogP contribution in [-0.4, -0.2) is 18.4 Å². The smallest absolute Gasteiger partial charge is 0.230 e. The normalized spacial score (nSPS) is 17.5. The zero-order chi connectivity index (χ0) is 14.2. The monoisotopic (exact) mass is 286 g/mol. The zero-order valence-corrected chi connectivity index (χ0v) is 11.8. The molecule has 21 heavy (non-hydrogen) atoms. The van der Waals surface area contributed by atoms with Crippen LogP contribution in [0.15, 0.2) is 22.7 Å².